The van der Waals surface area contributed by atoms with Crippen LogP contribution in [0.5, 0.6) is 0 Å². The van der Waals surface area contributed by atoms with Crippen molar-refractivity contribution in [2.24, 2.45) is 0 Å². The summed E-state index contributed by atoms with van der Waals surface area (Å²) >= 11 is 3.48. The molecule has 2 aromatic rings. The second kappa shape index (κ2) is 6.23. The van der Waals surface area contributed by atoms with Crippen molar-refractivity contribution in [2.45, 2.75) is 20.8 Å². The van der Waals surface area contributed by atoms with Crippen molar-refractivity contribution >= 4 is 27.5 Å². The van der Waals surface area contributed by atoms with Gasteiger partial charge in [-0.2, -0.15) is 0 Å². The maximum absolute atomic E-state index is 12.7. The van der Waals surface area contributed by atoms with Crippen LogP contribution in [0, 0.1) is 13.8 Å². The number of hydrogen-bond donors (Lipinski definition) is 0. The van der Waals surface area contributed by atoms with Crippen LogP contribution in [0.25, 0.3) is 0 Å². The third-order valence-electron chi connectivity index (χ3n) is 3.23. The summed E-state index contributed by atoms with van der Waals surface area (Å²) in [7, 11) is 0. The lowest BCUT2D eigenvalue weighted by Crippen LogP contribution is -2.30. The van der Waals surface area contributed by atoms with Gasteiger partial charge in [0, 0.05) is 16.7 Å². The van der Waals surface area contributed by atoms with E-state index < -0.39 is 0 Å². The topological polar surface area (TPSA) is 20.3 Å². The quantitative estimate of drug-likeness (QED) is 0.795. The van der Waals surface area contributed by atoms with Gasteiger partial charge in [-0.25, -0.2) is 0 Å². The van der Waals surface area contributed by atoms with E-state index in [4.69, 9.17) is 0 Å². The number of halogens is 1. The molecule has 0 unspecified atom stereocenters. The van der Waals surface area contributed by atoms with Crippen molar-refractivity contribution in [1.29, 1.82) is 0 Å². The Morgan fingerprint density at radius 2 is 1.80 bits per heavy atom. The minimum Gasteiger partial charge on any atom is -0.309 e. The van der Waals surface area contributed by atoms with Crippen LogP contribution in [0.3, 0.4) is 0 Å². The van der Waals surface area contributed by atoms with Gasteiger partial charge >= 0.3 is 0 Å². The summed E-state index contributed by atoms with van der Waals surface area (Å²) in [4.78, 5) is 14.5. The predicted molar refractivity (Wildman–Crippen MR) is 87.4 cm³/mol. The van der Waals surface area contributed by atoms with Crippen LogP contribution in [-0.2, 0) is 0 Å². The number of carbonyl (C=O) groups is 1. The summed E-state index contributed by atoms with van der Waals surface area (Å²) in [5, 5.41) is 0. The van der Waals surface area contributed by atoms with Gasteiger partial charge < -0.3 is 4.90 Å². The molecule has 0 bridgehead atoms. The fourth-order valence-corrected chi connectivity index (χ4v) is 2.84. The second-order valence-corrected chi connectivity index (χ2v) is 5.73. The molecule has 0 saturated heterocycles. The van der Waals surface area contributed by atoms with E-state index in [0.29, 0.717) is 12.1 Å². The molecule has 2 nitrogen and oxygen atoms in total. The van der Waals surface area contributed by atoms with Gasteiger partial charge in [-0.05, 0) is 72.1 Å². The van der Waals surface area contributed by atoms with Gasteiger partial charge in [0.25, 0.3) is 5.91 Å². The molecule has 0 radical (unpaired) electrons. The summed E-state index contributed by atoms with van der Waals surface area (Å²) in [5.74, 6) is 0.0185. The van der Waals surface area contributed by atoms with Crippen molar-refractivity contribution in [3.63, 3.8) is 0 Å². The molecule has 104 valence electrons. The maximum atomic E-state index is 12.7. The molecule has 0 aliphatic rings. The Balaban J connectivity index is 2.39. The molecule has 0 saturated carbocycles. The number of anilines is 1. The van der Waals surface area contributed by atoms with Crippen molar-refractivity contribution in [3.05, 3.63) is 63.6 Å². The van der Waals surface area contributed by atoms with Crippen molar-refractivity contribution in [3.8, 4) is 0 Å². The number of rotatable bonds is 3. The Bertz CT molecular complexity index is 637. The molecule has 2 aromatic carbocycles. The smallest absolute Gasteiger partial charge is 0.259 e. The van der Waals surface area contributed by atoms with Gasteiger partial charge in [0.15, 0.2) is 0 Å². The molecule has 0 aromatic heterocycles. The highest BCUT2D eigenvalue weighted by molar-refractivity contribution is 9.10. The monoisotopic (exact) mass is 331 g/mol. The van der Waals surface area contributed by atoms with Crippen molar-refractivity contribution in [1.82, 2.24) is 0 Å². The lowest BCUT2D eigenvalue weighted by Gasteiger charge is -2.22. The zero-order valence-electron chi connectivity index (χ0n) is 12.0. The zero-order chi connectivity index (χ0) is 14.7. The van der Waals surface area contributed by atoms with E-state index in [-0.39, 0.29) is 5.91 Å². The minimum absolute atomic E-state index is 0.0185. The molecule has 0 spiro atoms. The Morgan fingerprint density at radius 1 is 1.10 bits per heavy atom. The Labute approximate surface area is 128 Å². The zero-order valence-corrected chi connectivity index (χ0v) is 13.6. The minimum atomic E-state index is 0.0185. The highest BCUT2D eigenvalue weighted by Gasteiger charge is 2.18. The molecule has 0 fully saturated rings. The standard InChI is InChI=1S/C17H18BrNO/c1-4-19(14-7-5-6-12(2)10-14)17(20)15-9-8-13(3)11-16(15)18/h5-11H,4H2,1-3H3. The Kier molecular flexibility index (Phi) is 4.61. The number of carbonyl (C=O) groups excluding carboxylic acids is 1. The molecule has 0 heterocycles. The largest absolute Gasteiger partial charge is 0.309 e. The number of benzene rings is 2. The number of nitrogens with zero attached hydrogens (tertiary/aromatic N) is 1. The first-order chi connectivity index (χ1) is 9.52. The normalized spacial score (nSPS) is 10.4. The number of hydrogen-bond acceptors (Lipinski definition) is 1. The van der Waals surface area contributed by atoms with E-state index in [0.717, 1.165) is 21.3 Å². The van der Waals surface area contributed by atoms with Gasteiger partial charge in [0.1, 0.15) is 0 Å². The molecular formula is C17H18BrNO. The van der Waals surface area contributed by atoms with Gasteiger partial charge in [0.05, 0.1) is 5.56 Å². The van der Waals surface area contributed by atoms with Crippen molar-refractivity contribution < 1.29 is 4.79 Å². The average molecular weight is 332 g/mol. The fourth-order valence-electron chi connectivity index (χ4n) is 2.18. The first-order valence-electron chi connectivity index (χ1n) is 6.67. The van der Waals surface area contributed by atoms with Gasteiger partial charge in [-0.1, -0.05) is 18.2 Å². The van der Waals surface area contributed by atoms with E-state index in [9.17, 15) is 4.79 Å². The number of amides is 1. The summed E-state index contributed by atoms with van der Waals surface area (Å²) in [6.07, 6.45) is 0. The van der Waals surface area contributed by atoms with Crippen LogP contribution in [0.2, 0.25) is 0 Å². The van der Waals surface area contributed by atoms with E-state index in [1.807, 2.05) is 63.2 Å². The molecule has 0 atom stereocenters. The summed E-state index contributed by atoms with van der Waals surface area (Å²) < 4.78 is 0.841. The number of aryl methyl sites for hydroxylation is 2. The van der Waals surface area contributed by atoms with Crippen molar-refractivity contribution in [2.75, 3.05) is 11.4 Å². The third-order valence-corrected chi connectivity index (χ3v) is 3.89. The molecular weight excluding hydrogens is 314 g/mol. The van der Waals surface area contributed by atoms with E-state index in [1.54, 1.807) is 4.90 Å². The first kappa shape index (κ1) is 14.8. The summed E-state index contributed by atoms with van der Waals surface area (Å²) in [6.45, 7) is 6.67. The van der Waals surface area contributed by atoms with E-state index in [1.165, 1.54) is 0 Å². The highest BCUT2D eigenvalue weighted by Crippen LogP contribution is 2.23. The van der Waals surface area contributed by atoms with E-state index >= 15 is 0 Å². The molecule has 0 aliphatic heterocycles. The van der Waals surface area contributed by atoms with Crippen LogP contribution in [0.15, 0.2) is 46.9 Å². The van der Waals surface area contributed by atoms with Gasteiger partial charge in [0.2, 0.25) is 0 Å². The lowest BCUT2D eigenvalue weighted by atomic mass is 10.1. The molecule has 3 heteroatoms. The van der Waals surface area contributed by atoms with Gasteiger partial charge in [-0.15, -0.1) is 0 Å². The maximum Gasteiger partial charge on any atom is 0.259 e. The molecule has 0 aliphatic carbocycles. The van der Waals surface area contributed by atoms with Crippen LogP contribution < -0.4 is 4.90 Å². The van der Waals surface area contributed by atoms with Crippen LogP contribution in [0.1, 0.15) is 28.4 Å². The van der Waals surface area contributed by atoms with Gasteiger partial charge in [-0.3, -0.25) is 4.79 Å². The van der Waals surface area contributed by atoms with Crippen LogP contribution in [-0.4, -0.2) is 12.5 Å². The fraction of sp³-hybridized carbons (Fsp3) is 0.235. The third kappa shape index (κ3) is 3.10. The molecule has 1 amide bonds. The highest BCUT2D eigenvalue weighted by atomic mass is 79.9. The molecule has 0 N–H and O–H groups in total. The Morgan fingerprint density at radius 3 is 2.40 bits per heavy atom. The second-order valence-electron chi connectivity index (χ2n) is 4.87. The molecule has 2 rings (SSSR count). The van der Waals surface area contributed by atoms with E-state index in [2.05, 4.69) is 15.9 Å². The summed E-state index contributed by atoms with van der Waals surface area (Å²) in [6, 6.07) is 13.8. The predicted octanol–water partition coefficient (Wildman–Crippen LogP) is 4.73. The lowest BCUT2D eigenvalue weighted by molar-refractivity contribution is 0.0987. The van der Waals surface area contributed by atoms with Crippen LogP contribution in [0.4, 0.5) is 5.69 Å². The summed E-state index contributed by atoms with van der Waals surface area (Å²) in [5.41, 5.74) is 3.91. The molecule has 20 heavy (non-hydrogen) atoms. The SMILES string of the molecule is CCN(C(=O)c1ccc(C)cc1Br)c1cccc(C)c1. The average Bonchev–Trinajstić information content (AvgIpc) is 2.39. The Hall–Kier alpha value is -1.61. The first-order valence-corrected chi connectivity index (χ1v) is 7.47. The van der Waals surface area contributed by atoms with Crippen LogP contribution >= 0.6 is 15.9 Å².